The van der Waals surface area contributed by atoms with E-state index in [0.29, 0.717) is 25.1 Å². The summed E-state index contributed by atoms with van der Waals surface area (Å²) in [5, 5.41) is -0.276. The predicted octanol–water partition coefficient (Wildman–Crippen LogP) is 0.527. The molecule has 0 radical (unpaired) electrons. The number of nitrogens with one attached hydrogen (secondary N) is 1. The van der Waals surface area contributed by atoms with Gasteiger partial charge in [0.25, 0.3) is 0 Å². The van der Waals surface area contributed by atoms with Crippen LogP contribution in [0.2, 0.25) is 0 Å². The van der Waals surface area contributed by atoms with Crippen LogP contribution >= 0.6 is 0 Å². The van der Waals surface area contributed by atoms with Crippen molar-refractivity contribution in [3.05, 3.63) is 18.0 Å². The van der Waals surface area contributed by atoms with Crippen molar-refractivity contribution in [2.45, 2.75) is 24.7 Å². The van der Waals surface area contributed by atoms with Gasteiger partial charge in [0.1, 0.15) is 0 Å². The van der Waals surface area contributed by atoms with E-state index in [-0.39, 0.29) is 11.2 Å². The molecule has 1 aliphatic carbocycles. The number of hydrogen-bond acceptors (Lipinski definition) is 5. The fourth-order valence-electron chi connectivity index (χ4n) is 1.26. The Morgan fingerprint density at radius 1 is 1.56 bits per heavy atom. The Bertz CT molecular complexity index is 471. The maximum Gasteiger partial charge on any atom is 0.237 e. The first-order chi connectivity index (χ1) is 7.62. The van der Waals surface area contributed by atoms with Crippen LogP contribution in [0.5, 0.6) is 0 Å². The molecule has 1 aliphatic rings. The van der Waals surface area contributed by atoms with E-state index in [0.717, 1.165) is 0 Å². The minimum Gasteiger partial charge on any atom is -0.378 e. The minimum atomic E-state index is -3.29. The summed E-state index contributed by atoms with van der Waals surface area (Å²) in [5.74, 6) is 0.112. The second-order valence-corrected chi connectivity index (χ2v) is 5.61. The van der Waals surface area contributed by atoms with E-state index in [4.69, 9.17) is 4.74 Å². The Hall–Kier alpha value is -1.21. The summed E-state index contributed by atoms with van der Waals surface area (Å²) in [6.07, 6.45) is 2.94. The van der Waals surface area contributed by atoms with E-state index >= 15 is 0 Å². The van der Waals surface area contributed by atoms with Crippen molar-refractivity contribution in [1.82, 2.24) is 9.97 Å². The fraction of sp³-hybridized carbons (Fsp3) is 0.556. The molecule has 1 heterocycles. The molecule has 1 N–H and O–H groups in total. The van der Waals surface area contributed by atoms with Gasteiger partial charge in [-0.3, -0.25) is 4.72 Å². The molecule has 0 atom stereocenters. The molecule has 0 bridgehead atoms. The topological polar surface area (TPSA) is 81.2 Å². The van der Waals surface area contributed by atoms with Gasteiger partial charge in [0.15, 0.2) is 0 Å². The quantitative estimate of drug-likeness (QED) is 0.815. The molecule has 1 aromatic heterocycles. The number of aromatic nitrogens is 2. The Morgan fingerprint density at radius 2 is 2.31 bits per heavy atom. The molecular formula is C9H13N3O3S. The average Bonchev–Trinajstić information content (AvgIpc) is 3.01. The number of methoxy groups -OCH3 is 1. The van der Waals surface area contributed by atoms with Crippen molar-refractivity contribution >= 4 is 16.0 Å². The van der Waals surface area contributed by atoms with Gasteiger partial charge in [-0.15, -0.1) is 0 Å². The first kappa shape index (κ1) is 11.3. The molecule has 0 aromatic carbocycles. The van der Waals surface area contributed by atoms with Crippen LogP contribution in [0.4, 0.5) is 5.95 Å². The lowest BCUT2D eigenvalue weighted by molar-refractivity contribution is 0.181. The van der Waals surface area contributed by atoms with Gasteiger partial charge >= 0.3 is 0 Å². The zero-order valence-electron chi connectivity index (χ0n) is 8.88. The Kier molecular flexibility index (Phi) is 3.06. The van der Waals surface area contributed by atoms with Gasteiger partial charge in [-0.2, -0.15) is 0 Å². The Balaban J connectivity index is 2.11. The lowest BCUT2D eigenvalue weighted by atomic mass is 10.4. The second kappa shape index (κ2) is 4.34. The third-order valence-electron chi connectivity index (χ3n) is 2.20. The van der Waals surface area contributed by atoms with Crippen LogP contribution in [0.3, 0.4) is 0 Å². The molecule has 16 heavy (non-hydrogen) atoms. The normalized spacial score (nSPS) is 16.1. The molecule has 1 fully saturated rings. The molecule has 6 nitrogen and oxygen atoms in total. The molecule has 2 rings (SSSR count). The summed E-state index contributed by atoms with van der Waals surface area (Å²) in [6, 6.07) is 1.68. The number of sulfonamides is 1. The first-order valence-corrected chi connectivity index (χ1v) is 6.49. The van der Waals surface area contributed by atoms with E-state index in [2.05, 4.69) is 14.7 Å². The number of nitrogens with zero attached hydrogens (tertiary/aromatic N) is 2. The van der Waals surface area contributed by atoms with Crippen LogP contribution in [-0.2, 0) is 21.4 Å². The summed E-state index contributed by atoms with van der Waals surface area (Å²) < 4.78 is 30.5. The number of hydrogen-bond donors (Lipinski definition) is 1. The van der Waals surface area contributed by atoms with Gasteiger partial charge in [0.2, 0.25) is 16.0 Å². The molecule has 7 heteroatoms. The summed E-state index contributed by atoms with van der Waals surface area (Å²) in [4.78, 5) is 7.89. The van der Waals surface area contributed by atoms with Crippen LogP contribution in [0, 0.1) is 0 Å². The summed E-state index contributed by atoms with van der Waals surface area (Å²) >= 11 is 0. The van der Waals surface area contributed by atoms with Crippen molar-refractivity contribution in [2.24, 2.45) is 0 Å². The third kappa shape index (κ3) is 2.67. The number of rotatable bonds is 5. The smallest absolute Gasteiger partial charge is 0.237 e. The maximum atomic E-state index is 11.6. The highest BCUT2D eigenvalue weighted by Gasteiger charge is 2.36. The van der Waals surface area contributed by atoms with Crippen molar-refractivity contribution in [3.63, 3.8) is 0 Å². The van der Waals surface area contributed by atoms with Crippen molar-refractivity contribution in [2.75, 3.05) is 11.8 Å². The van der Waals surface area contributed by atoms with Gasteiger partial charge in [0.05, 0.1) is 17.6 Å². The highest BCUT2D eigenvalue weighted by Crippen LogP contribution is 2.28. The fourth-order valence-corrected chi connectivity index (χ4v) is 2.54. The lowest BCUT2D eigenvalue weighted by Crippen LogP contribution is -2.19. The first-order valence-electron chi connectivity index (χ1n) is 4.94. The van der Waals surface area contributed by atoms with E-state index < -0.39 is 10.0 Å². The lowest BCUT2D eigenvalue weighted by Gasteiger charge is -2.06. The minimum absolute atomic E-state index is 0.112. The average molecular weight is 243 g/mol. The van der Waals surface area contributed by atoms with Gasteiger partial charge in [-0.1, -0.05) is 0 Å². The molecule has 0 spiro atoms. The Labute approximate surface area is 94.1 Å². The van der Waals surface area contributed by atoms with E-state index in [1.165, 1.54) is 6.20 Å². The van der Waals surface area contributed by atoms with Crippen molar-refractivity contribution in [3.8, 4) is 0 Å². The van der Waals surface area contributed by atoms with E-state index in [1.807, 2.05) is 0 Å². The van der Waals surface area contributed by atoms with Gasteiger partial charge in [-0.25, -0.2) is 18.4 Å². The van der Waals surface area contributed by atoms with Gasteiger partial charge in [-0.05, 0) is 18.9 Å². The van der Waals surface area contributed by atoms with Crippen LogP contribution in [0.1, 0.15) is 18.5 Å². The molecule has 1 aromatic rings. The monoisotopic (exact) mass is 243 g/mol. The highest BCUT2D eigenvalue weighted by atomic mass is 32.2. The SMILES string of the molecule is COCc1ccnc(NS(=O)(=O)C2CC2)n1. The molecule has 0 saturated heterocycles. The number of ether oxygens (including phenoxy) is 1. The van der Waals surface area contributed by atoms with Crippen molar-refractivity contribution < 1.29 is 13.2 Å². The van der Waals surface area contributed by atoms with Gasteiger partial charge in [0, 0.05) is 13.3 Å². The zero-order valence-corrected chi connectivity index (χ0v) is 9.70. The van der Waals surface area contributed by atoms with Crippen LogP contribution in [0.25, 0.3) is 0 Å². The maximum absolute atomic E-state index is 11.6. The predicted molar refractivity (Wildman–Crippen MR) is 58.3 cm³/mol. The van der Waals surface area contributed by atoms with Gasteiger partial charge < -0.3 is 4.74 Å². The standard InChI is InChI=1S/C9H13N3O3S/c1-15-6-7-4-5-10-9(11-7)12-16(13,14)8-2-3-8/h4-5,8H,2-3,6H2,1H3,(H,10,11,12). The Morgan fingerprint density at radius 3 is 2.94 bits per heavy atom. The van der Waals surface area contributed by atoms with E-state index in [9.17, 15) is 8.42 Å². The number of anilines is 1. The van der Waals surface area contributed by atoms with Crippen molar-refractivity contribution in [1.29, 1.82) is 0 Å². The van der Waals surface area contributed by atoms with Crippen LogP contribution in [-0.4, -0.2) is 30.7 Å². The van der Waals surface area contributed by atoms with Crippen LogP contribution < -0.4 is 4.72 Å². The van der Waals surface area contributed by atoms with Crippen LogP contribution in [0.15, 0.2) is 12.3 Å². The molecule has 88 valence electrons. The zero-order chi connectivity index (χ0) is 11.6. The molecular weight excluding hydrogens is 230 g/mol. The summed E-state index contributed by atoms with van der Waals surface area (Å²) in [6.45, 7) is 0.334. The summed E-state index contributed by atoms with van der Waals surface area (Å²) in [5.41, 5.74) is 0.644. The molecule has 1 saturated carbocycles. The summed E-state index contributed by atoms with van der Waals surface area (Å²) in [7, 11) is -1.74. The highest BCUT2D eigenvalue weighted by molar-refractivity contribution is 7.93. The third-order valence-corrected chi connectivity index (χ3v) is 4.02. The molecule has 0 amide bonds. The largest absolute Gasteiger partial charge is 0.378 e. The second-order valence-electron chi connectivity index (χ2n) is 3.65. The molecule has 0 aliphatic heterocycles. The van der Waals surface area contributed by atoms with E-state index in [1.54, 1.807) is 13.2 Å². The molecule has 0 unspecified atom stereocenters.